The van der Waals surface area contributed by atoms with Crippen molar-refractivity contribution in [3.8, 4) is 0 Å². The van der Waals surface area contributed by atoms with Crippen molar-refractivity contribution in [2.75, 3.05) is 25.2 Å². The lowest BCUT2D eigenvalue weighted by atomic mass is 9.90. The lowest BCUT2D eigenvalue weighted by Crippen LogP contribution is -2.38. The lowest BCUT2D eigenvalue weighted by molar-refractivity contribution is -0.139. The fraction of sp³-hybridized carbons (Fsp3) is 0.467. The van der Waals surface area contributed by atoms with Crippen molar-refractivity contribution in [3.63, 3.8) is 0 Å². The molecule has 0 fully saturated rings. The molecule has 1 heterocycles. The van der Waals surface area contributed by atoms with Gasteiger partial charge in [0.1, 0.15) is 0 Å². The van der Waals surface area contributed by atoms with Crippen LogP contribution in [0.3, 0.4) is 0 Å². The first-order valence-electron chi connectivity index (χ1n) is 6.76. The first-order valence-corrected chi connectivity index (χ1v) is 6.76. The Hall–Kier alpha value is -1.88. The van der Waals surface area contributed by atoms with Crippen LogP contribution in [0.2, 0.25) is 0 Å². The van der Waals surface area contributed by atoms with Gasteiger partial charge in [-0.25, -0.2) is 0 Å². The SMILES string of the molecule is COCCCC(=O)N1CCC(C(=O)O)c2ccccc21. The first kappa shape index (κ1) is 14.5. The highest BCUT2D eigenvalue weighted by molar-refractivity contribution is 5.96. The third-order valence-electron chi connectivity index (χ3n) is 3.58. The Bertz CT molecular complexity index is 500. The number of hydrogen-bond donors (Lipinski definition) is 1. The minimum Gasteiger partial charge on any atom is -0.481 e. The largest absolute Gasteiger partial charge is 0.481 e. The van der Waals surface area contributed by atoms with E-state index in [1.54, 1.807) is 18.1 Å². The van der Waals surface area contributed by atoms with Gasteiger partial charge >= 0.3 is 5.97 Å². The number of carboxylic acid groups (broad SMARTS) is 1. The first-order chi connectivity index (χ1) is 9.65. The molecule has 1 aliphatic rings. The zero-order valence-corrected chi connectivity index (χ0v) is 11.5. The van der Waals surface area contributed by atoms with Crippen LogP contribution < -0.4 is 4.90 Å². The van der Waals surface area contributed by atoms with Crippen molar-refractivity contribution in [1.82, 2.24) is 0 Å². The second-order valence-electron chi connectivity index (χ2n) is 4.88. The summed E-state index contributed by atoms with van der Waals surface area (Å²) in [6, 6.07) is 7.26. The highest BCUT2D eigenvalue weighted by Crippen LogP contribution is 2.35. The summed E-state index contributed by atoms with van der Waals surface area (Å²) in [5.41, 5.74) is 1.46. The van der Waals surface area contributed by atoms with E-state index in [-0.39, 0.29) is 5.91 Å². The number of fused-ring (bicyclic) bond motifs is 1. The monoisotopic (exact) mass is 277 g/mol. The topological polar surface area (TPSA) is 66.8 Å². The van der Waals surface area contributed by atoms with Crippen LogP contribution in [-0.4, -0.2) is 37.2 Å². The number of carbonyl (C=O) groups excluding carboxylic acids is 1. The molecule has 20 heavy (non-hydrogen) atoms. The van der Waals surface area contributed by atoms with Crippen LogP contribution in [0.25, 0.3) is 0 Å². The zero-order chi connectivity index (χ0) is 14.5. The van der Waals surface area contributed by atoms with Gasteiger partial charge in [0.25, 0.3) is 0 Å². The predicted octanol–water partition coefficient (Wildman–Crippen LogP) is 2.02. The molecule has 1 aromatic rings. The Morgan fingerprint density at radius 3 is 2.85 bits per heavy atom. The molecule has 0 aliphatic carbocycles. The smallest absolute Gasteiger partial charge is 0.311 e. The Balaban J connectivity index is 2.18. The number of nitrogens with zero attached hydrogens (tertiary/aromatic N) is 1. The van der Waals surface area contributed by atoms with Gasteiger partial charge < -0.3 is 14.7 Å². The van der Waals surface area contributed by atoms with Crippen molar-refractivity contribution in [2.24, 2.45) is 0 Å². The molecule has 108 valence electrons. The van der Waals surface area contributed by atoms with E-state index in [2.05, 4.69) is 0 Å². The second kappa shape index (κ2) is 6.52. The summed E-state index contributed by atoms with van der Waals surface area (Å²) in [5, 5.41) is 9.26. The number of amides is 1. The minimum absolute atomic E-state index is 0.0262. The van der Waals surface area contributed by atoms with Crippen LogP contribution in [0.15, 0.2) is 24.3 Å². The molecule has 1 aliphatic heterocycles. The summed E-state index contributed by atoms with van der Waals surface area (Å²) in [4.78, 5) is 25.2. The molecule has 0 bridgehead atoms. The zero-order valence-electron chi connectivity index (χ0n) is 11.5. The Labute approximate surface area is 118 Å². The molecule has 0 saturated heterocycles. The lowest BCUT2D eigenvalue weighted by Gasteiger charge is -2.32. The van der Waals surface area contributed by atoms with E-state index in [1.165, 1.54) is 0 Å². The number of carboxylic acids is 1. The molecule has 0 aromatic heterocycles. The van der Waals surface area contributed by atoms with Crippen LogP contribution in [0.1, 0.15) is 30.7 Å². The highest BCUT2D eigenvalue weighted by atomic mass is 16.5. The standard InChI is InChI=1S/C15H19NO4/c1-20-10-4-7-14(17)16-9-8-12(15(18)19)11-5-2-3-6-13(11)16/h2-3,5-6,12H,4,7-10H2,1H3,(H,18,19). The van der Waals surface area contributed by atoms with E-state index in [4.69, 9.17) is 4.74 Å². The number of para-hydroxylation sites is 1. The summed E-state index contributed by atoms with van der Waals surface area (Å²) >= 11 is 0. The normalized spacial score (nSPS) is 17.6. The summed E-state index contributed by atoms with van der Waals surface area (Å²) in [6.07, 6.45) is 1.55. The van der Waals surface area contributed by atoms with Gasteiger partial charge in [-0.1, -0.05) is 18.2 Å². The maximum Gasteiger partial charge on any atom is 0.311 e. The van der Waals surface area contributed by atoms with Crippen molar-refractivity contribution in [1.29, 1.82) is 0 Å². The number of methoxy groups -OCH3 is 1. The van der Waals surface area contributed by atoms with Crippen molar-refractivity contribution in [2.45, 2.75) is 25.2 Å². The van der Waals surface area contributed by atoms with E-state index in [1.807, 2.05) is 18.2 Å². The van der Waals surface area contributed by atoms with Crippen molar-refractivity contribution in [3.05, 3.63) is 29.8 Å². The molecule has 2 rings (SSSR count). The molecule has 1 amide bonds. The second-order valence-corrected chi connectivity index (χ2v) is 4.88. The number of rotatable bonds is 5. The van der Waals surface area contributed by atoms with Gasteiger partial charge in [0, 0.05) is 32.4 Å². The fourth-order valence-electron chi connectivity index (χ4n) is 2.58. The number of carbonyl (C=O) groups is 2. The van der Waals surface area contributed by atoms with Gasteiger partial charge in [-0.05, 0) is 24.5 Å². The maximum absolute atomic E-state index is 12.2. The summed E-state index contributed by atoms with van der Waals surface area (Å²) in [7, 11) is 1.61. The van der Waals surface area contributed by atoms with Crippen LogP contribution in [0.5, 0.6) is 0 Å². The molecule has 0 saturated carbocycles. The van der Waals surface area contributed by atoms with Crippen LogP contribution in [-0.2, 0) is 14.3 Å². The Kier molecular flexibility index (Phi) is 4.74. The molecule has 5 nitrogen and oxygen atoms in total. The summed E-state index contributed by atoms with van der Waals surface area (Å²) in [5.74, 6) is -1.32. The van der Waals surface area contributed by atoms with Crippen molar-refractivity contribution >= 4 is 17.6 Å². The number of ether oxygens (including phenoxy) is 1. The molecule has 1 atom stereocenters. The van der Waals surface area contributed by atoms with Crippen molar-refractivity contribution < 1.29 is 19.4 Å². The van der Waals surface area contributed by atoms with E-state index >= 15 is 0 Å². The third kappa shape index (κ3) is 2.99. The summed E-state index contributed by atoms with van der Waals surface area (Å²) in [6.45, 7) is 1.01. The number of aliphatic carboxylic acids is 1. The third-order valence-corrected chi connectivity index (χ3v) is 3.58. The number of anilines is 1. The molecule has 1 N–H and O–H groups in total. The van der Waals surface area contributed by atoms with Crippen LogP contribution in [0.4, 0.5) is 5.69 Å². The van der Waals surface area contributed by atoms with Gasteiger partial charge in [0.05, 0.1) is 5.92 Å². The molecule has 5 heteroatoms. The van der Waals surface area contributed by atoms with E-state index in [0.29, 0.717) is 32.4 Å². The Morgan fingerprint density at radius 1 is 1.40 bits per heavy atom. The van der Waals surface area contributed by atoms with Gasteiger partial charge in [0.15, 0.2) is 0 Å². The molecule has 1 unspecified atom stereocenters. The van der Waals surface area contributed by atoms with E-state index < -0.39 is 11.9 Å². The number of hydrogen-bond acceptors (Lipinski definition) is 3. The van der Waals surface area contributed by atoms with Gasteiger partial charge in [0.2, 0.25) is 5.91 Å². The van der Waals surface area contributed by atoms with E-state index in [9.17, 15) is 14.7 Å². The van der Waals surface area contributed by atoms with Crippen LogP contribution in [0, 0.1) is 0 Å². The fourth-order valence-corrected chi connectivity index (χ4v) is 2.58. The maximum atomic E-state index is 12.2. The molecule has 1 aromatic carbocycles. The average molecular weight is 277 g/mol. The number of benzene rings is 1. The quantitative estimate of drug-likeness (QED) is 0.836. The summed E-state index contributed by atoms with van der Waals surface area (Å²) < 4.78 is 4.95. The van der Waals surface area contributed by atoms with Crippen LogP contribution >= 0.6 is 0 Å². The van der Waals surface area contributed by atoms with Gasteiger partial charge in [-0.2, -0.15) is 0 Å². The predicted molar refractivity (Wildman–Crippen MR) is 74.9 cm³/mol. The molecular weight excluding hydrogens is 258 g/mol. The molecule has 0 radical (unpaired) electrons. The highest BCUT2D eigenvalue weighted by Gasteiger charge is 2.31. The van der Waals surface area contributed by atoms with E-state index in [0.717, 1.165) is 11.3 Å². The molecular formula is C15H19NO4. The van der Waals surface area contributed by atoms with Gasteiger partial charge in [-0.15, -0.1) is 0 Å². The van der Waals surface area contributed by atoms with Gasteiger partial charge in [-0.3, -0.25) is 9.59 Å². The molecule has 0 spiro atoms. The Morgan fingerprint density at radius 2 is 2.15 bits per heavy atom. The average Bonchev–Trinajstić information content (AvgIpc) is 2.46. The minimum atomic E-state index is -0.830.